The summed E-state index contributed by atoms with van der Waals surface area (Å²) in [5.41, 5.74) is 2.16. The first kappa shape index (κ1) is 20.5. The molecule has 10 nitrogen and oxygen atoms in total. The number of carbonyl (C=O) groups is 2. The van der Waals surface area contributed by atoms with Gasteiger partial charge >= 0.3 is 6.16 Å². The SMILES string of the molecule is CCCC(=O)N[C@H]1C(O)O[C@H](COC(=O)OCc2cscn2)[C@@H](O)[C@@H]1O. The van der Waals surface area contributed by atoms with Gasteiger partial charge in [-0.15, -0.1) is 11.3 Å². The summed E-state index contributed by atoms with van der Waals surface area (Å²) >= 11 is 1.35. The zero-order chi connectivity index (χ0) is 19.1. The number of nitrogens with one attached hydrogen (secondary N) is 1. The van der Waals surface area contributed by atoms with Crippen LogP contribution in [0, 0.1) is 0 Å². The number of amides is 1. The number of aliphatic hydroxyl groups excluding tert-OH is 3. The highest BCUT2D eigenvalue weighted by molar-refractivity contribution is 7.07. The van der Waals surface area contributed by atoms with Crippen LogP contribution >= 0.6 is 11.3 Å². The number of ether oxygens (including phenoxy) is 3. The van der Waals surface area contributed by atoms with E-state index in [1.165, 1.54) is 11.3 Å². The highest BCUT2D eigenvalue weighted by Crippen LogP contribution is 2.20. The normalized spacial score (nSPS) is 28.4. The topological polar surface area (TPSA) is 147 Å². The largest absolute Gasteiger partial charge is 0.508 e. The smallest absolute Gasteiger partial charge is 0.431 e. The highest BCUT2D eigenvalue weighted by atomic mass is 32.1. The molecule has 1 saturated heterocycles. The molecule has 1 aliphatic rings. The van der Waals surface area contributed by atoms with E-state index in [0.717, 1.165) is 0 Å². The maximum absolute atomic E-state index is 11.6. The number of aliphatic hydroxyl groups is 3. The second-order valence-corrected chi connectivity index (χ2v) is 6.44. The fourth-order valence-corrected chi connectivity index (χ4v) is 2.90. The van der Waals surface area contributed by atoms with E-state index in [2.05, 4.69) is 10.3 Å². The number of hydrogen-bond acceptors (Lipinski definition) is 10. The standard InChI is InChI=1S/C15H22N2O8S/c1-2-3-10(18)17-11-13(20)12(19)9(25-14(11)21)5-24-15(22)23-4-8-6-26-7-16-8/h6-7,9,11-14,19-21H,2-5H2,1H3,(H,17,18)/t9-,11-,12-,13-,14?/m1/s1. The minimum absolute atomic E-state index is 0.0623. The van der Waals surface area contributed by atoms with Crippen LogP contribution in [0.3, 0.4) is 0 Å². The summed E-state index contributed by atoms with van der Waals surface area (Å²) in [6.07, 6.45) is -5.90. The van der Waals surface area contributed by atoms with Gasteiger partial charge < -0.3 is 34.8 Å². The molecule has 0 bridgehead atoms. The van der Waals surface area contributed by atoms with Crippen LogP contribution in [-0.2, 0) is 25.6 Å². The van der Waals surface area contributed by atoms with E-state index in [0.29, 0.717) is 12.1 Å². The number of rotatable bonds is 7. The first-order valence-electron chi connectivity index (χ1n) is 8.08. The molecule has 0 saturated carbocycles. The van der Waals surface area contributed by atoms with E-state index in [-0.39, 0.29) is 18.9 Å². The van der Waals surface area contributed by atoms with Crippen LogP contribution in [0.4, 0.5) is 4.79 Å². The second-order valence-electron chi connectivity index (χ2n) is 5.72. The van der Waals surface area contributed by atoms with E-state index < -0.39 is 43.4 Å². The summed E-state index contributed by atoms with van der Waals surface area (Å²) in [6.45, 7) is 1.30. The fraction of sp³-hybridized carbons (Fsp3) is 0.667. The van der Waals surface area contributed by atoms with Gasteiger partial charge in [0.25, 0.3) is 0 Å². The molecule has 26 heavy (non-hydrogen) atoms. The summed E-state index contributed by atoms with van der Waals surface area (Å²) in [5.74, 6) is -0.383. The van der Waals surface area contributed by atoms with E-state index in [9.17, 15) is 24.9 Å². The third kappa shape index (κ3) is 5.61. The Hall–Kier alpha value is -1.79. The van der Waals surface area contributed by atoms with E-state index in [1.807, 2.05) is 0 Å². The molecule has 0 aliphatic carbocycles. The molecule has 11 heteroatoms. The molecule has 0 spiro atoms. The summed E-state index contributed by atoms with van der Waals surface area (Å²) in [6, 6.07) is -1.18. The maximum Gasteiger partial charge on any atom is 0.508 e. The monoisotopic (exact) mass is 390 g/mol. The van der Waals surface area contributed by atoms with Crippen molar-refractivity contribution >= 4 is 23.4 Å². The molecule has 1 aromatic heterocycles. The van der Waals surface area contributed by atoms with Crippen LogP contribution in [-0.4, -0.2) is 69.6 Å². The lowest BCUT2D eigenvalue weighted by molar-refractivity contribution is -0.254. The van der Waals surface area contributed by atoms with Gasteiger partial charge in [-0.3, -0.25) is 4.79 Å². The number of aromatic nitrogens is 1. The van der Waals surface area contributed by atoms with Crippen LogP contribution in [0.15, 0.2) is 10.9 Å². The minimum atomic E-state index is -1.56. The van der Waals surface area contributed by atoms with Crippen molar-refractivity contribution in [2.45, 2.75) is 57.0 Å². The molecular formula is C15H22N2O8S. The zero-order valence-electron chi connectivity index (χ0n) is 14.1. The van der Waals surface area contributed by atoms with Crippen LogP contribution < -0.4 is 5.32 Å². The molecule has 1 aromatic rings. The van der Waals surface area contributed by atoms with Gasteiger partial charge in [0, 0.05) is 11.8 Å². The lowest BCUT2D eigenvalue weighted by Gasteiger charge is -2.40. The van der Waals surface area contributed by atoms with Gasteiger partial charge in [-0.25, -0.2) is 9.78 Å². The van der Waals surface area contributed by atoms with Gasteiger partial charge in [-0.1, -0.05) is 6.92 Å². The van der Waals surface area contributed by atoms with E-state index >= 15 is 0 Å². The lowest BCUT2D eigenvalue weighted by Crippen LogP contribution is -2.64. The van der Waals surface area contributed by atoms with Crippen LogP contribution in [0.5, 0.6) is 0 Å². The third-order valence-electron chi connectivity index (χ3n) is 3.71. The summed E-state index contributed by atoms with van der Waals surface area (Å²) in [7, 11) is 0. The van der Waals surface area contributed by atoms with Crippen molar-refractivity contribution in [2.24, 2.45) is 0 Å². The Bertz CT molecular complexity index is 584. The number of carbonyl (C=O) groups excluding carboxylic acids is 2. The average Bonchev–Trinajstić information content (AvgIpc) is 3.12. The molecule has 0 aromatic carbocycles. The molecule has 1 amide bonds. The van der Waals surface area contributed by atoms with Gasteiger partial charge in [0.1, 0.15) is 37.6 Å². The van der Waals surface area contributed by atoms with Crippen molar-refractivity contribution in [3.63, 3.8) is 0 Å². The van der Waals surface area contributed by atoms with Crippen LogP contribution in [0.25, 0.3) is 0 Å². The molecule has 1 fully saturated rings. The Morgan fingerprint density at radius 3 is 2.73 bits per heavy atom. The summed E-state index contributed by atoms with van der Waals surface area (Å²) in [4.78, 5) is 27.1. The average molecular weight is 390 g/mol. The Morgan fingerprint density at radius 2 is 2.08 bits per heavy atom. The van der Waals surface area contributed by atoms with Gasteiger partial charge in [-0.05, 0) is 6.42 Å². The molecule has 2 heterocycles. The quantitative estimate of drug-likeness (QED) is 0.453. The number of hydrogen-bond donors (Lipinski definition) is 4. The van der Waals surface area contributed by atoms with Crippen molar-refractivity contribution in [3.8, 4) is 0 Å². The van der Waals surface area contributed by atoms with Crippen molar-refractivity contribution in [3.05, 3.63) is 16.6 Å². The molecule has 1 unspecified atom stereocenters. The molecule has 4 N–H and O–H groups in total. The highest BCUT2D eigenvalue weighted by Gasteiger charge is 2.45. The third-order valence-corrected chi connectivity index (χ3v) is 4.35. The summed E-state index contributed by atoms with van der Waals surface area (Å²) in [5, 5.41) is 34.3. The molecule has 146 valence electrons. The lowest BCUT2D eigenvalue weighted by atomic mass is 9.97. The first-order valence-corrected chi connectivity index (χ1v) is 9.02. The first-order chi connectivity index (χ1) is 12.4. The molecular weight excluding hydrogens is 368 g/mol. The van der Waals surface area contributed by atoms with Crippen molar-refractivity contribution in [2.75, 3.05) is 6.61 Å². The Morgan fingerprint density at radius 1 is 1.31 bits per heavy atom. The number of nitrogens with zero attached hydrogens (tertiary/aromatic N) is 1. The van der Waals surface area contributed by atoms with Gasteiger partial charge in [0.05, 0.1) is 11.2 Å². The Labute approximate surface area is 153 Å². The molecule has 5 atom stereocenters. The molecule has 2 rings (SSSR count). The van der Waals surface area contributed by atoms with Crippen molar-refractivity contribution in [1.29, 1.82) is 0 Å². The fourth-order valence-electron chi connectivity index (χ4n) is 2.36. The maximum atomic E-state index is 11.6. The van der Waals surface area contributed by atoms with E-state index in [1.54, 1.807) is 17.8 Å². The summed E-state index contributed by atoms with van der Waals surface area (Å²) < 4.78 is 14.8. The van der Waals surface area contributed by atoms with Gasteiger partial charge in [0.2, 0.25) is 5.91 Å². The van der Waals surface area contributed by atoms with Crippen LogP contribution in [0.2, 0.25) is 0 Å². The minimum Gasteiger partial charge on any atom is -0.431 e. The van der Waals surface area contributed by atoms with Crippen molar-refractivity contribution < 1.29 is 39.1 Å². The van der Waals surface area contributed by atoms with Gasteiger partial charge in [0.15, 0.2) is 6.29 Å². The predicted octanol–water partition coefficient (Wildman–Crippen LogP) is -0.480. The Kier molecular flexibility index (Phi) is 7.72. The zero-order valence-corrected chi connectivity index (χ0v) is 14.9. The van der Waals surface area contributed by atoms with Crippen molar-refractivity contribution in [1.82, 2.24) is 10.3 Å². The van der Waals surface area contributed by atoms with Gasteiger partial charge in [-0.2, -0.15) is 0 Å². The molecule has 1 aliphatic heterocycles. The van der Waals surface area contributed by atoms with Crippen LogP contribution in [0.1, 0.15) is 25.5 Å². The second kappa shape index (κ2) is 9.78. The molecule has 0 radical (unpaired) electrons. The van der Waals surface area contributed by atoms with E-state index in [4.69, 9.17) is 14.2 Å². The predicted molar refractivity (Wildman–Crippen MR) is 88.0 cm³/mol. The Balaban J connectivity index is 1.79. The number of thiazole rings is 1.